The molecule has 0 fully saturated rings. The number of hydrogen-bond donors (Lipinski definition) is 0. The highest BCUT2D eigenvalue weighted by atomic mass is 35.5. The number of para-hydroxylation sites is 2. The van der Waals surface area contributed by atoms with Crippen LogP contribution < -0.4 is 4.74 Å². The predicted molar refractivity (Wildman–Crippen MR) is 163 cm³/mol. The van der Waals surface area contributed by atoms with Crippen molar-refractivity contribution in [2.24, 2.45) is 0 Å². The van der Waals surface area contributed by atoms with E-state index in [0.717, 1.165) is 44.6 Å². The molecule has 2 nitrogen and oxygen atoms in total. The molecule has 0 bridgehead atoms. The molecule has 0 saturated heterocycles. The first-order valence-electron chi connectivity index (χ1n) is 13.6. The average molecular weight is 532 g/mol. The van der Waals surface area contributed by atoms with Crippen LogP contribution in [0.15, 0.2) is 133 Å². The van der Waals surface area contributed by atoms with Crippen LogP contribution in [-0.4, -0.2) is 4.57 Å². The van der Waals surface area contributed by atoms with Crippen molar-refractivity contribution in [3.05, 3.63) is 161 Å². The number of hydrogen-bond acceptors (Lipinski definition) is 1. The number of aromatic nitrogens is 1. The highest BCUT2D eigenvalue weighted by Gasteiger charge is 2.51. The van der Waals surface area contributed by atoms with Crippen LogP contribution in [0.1, 0.15) is 22.3 Å². The van der Waals surface area contributed by atoms with E-state index in [2.05, 4.69) is 132 Å². The van der Waals surface area contributed by atoms with Crippen LogP contribution in [0.2, 0.25) is 5.02 Å². The van der Waals surface area contributed by atoms with Gasteiger partial charge in [0.25, 0.3) is 0 Å². The van der Waals surface area contributed by atoms with Gasteiger partial charge in [0.15, 0.2) is 0 Å². The minimum atomic E-state index is -0.495. The molecule has 2 aliphatic rings. The zero-order chi connectivity index (χ0) is 26.4. The van der Waals surface area contributed by atoms with E-state index in [1.54, 1.807) is 0 Å². The SMILES string of the molecule is Clc1ccc2c(c1)c1c3c(ccc1n2-c1ccccc1)C1(c2ccccc2O3)c2ccccc2-c2ccccc21. The summed E-state index contributed by atoms with van der Waals surface area (Å²) in [7, 11) is 0. The van der Waals surface area contributed by atoms with Crippen molar-refractivity contribution >= 4 is 33.4 Å². The van der Waals surface area contributed by atoms with Crippen molar-refractivity contribution in [2.75, 3.05) is 0 Å². The first-order valence-corrected chi connectivity index (χ1v) is 13.9. The largest absolute Gasteiger partial charge is 0.456 e. The van der Waals surface area contributed by atoms with Gasteiger partial charge in [0.1, 0.15) is 11.5 Å². The second-order valence-electron chi connectivity index (χ2n) is 10.6. The molecule has 2 heterocycles. The van der Waals surface area contributed by atoms with E-state index in [0.29, 0.717) is 5.02 Å². The Morgan fingerprint density at radius 2 is 1.18 bits per heavy atom. The Morgan fingerprint density at radius 3 is 1.93 bits per heavy atom. The molecule has 0 atom stereocenters. The number of fused-ring (bicyclic) bond motifs is 13. The number of ether oxygens (including phenoxy) is 1. The Balaban J connectivity index is 1.49. The maximum atomic E-state index is 6.95. The Labute approximate surface area is 236 Å². The third-order valence-electron chi connectivity index (χ3n) is 8.72. The first-order chi connectivity index (χ1) is 19.8. The summed E-state index contributed by atoms with van der Waals surface area (Å²) in [6, 6.07) is 47.4. The second kappa shape index (κ2) is 7.88. The topological polar surface area (TPSA) is 14.2 Å². The summed E-state index contributed by atoms with van der Waals surface area (Å²) in [5, 5.41) is 2.87. The average Bonchev–Trinajstić information content (AvgIpc) is 3.49. The maximum absolute atomic E-state index is 6.95. The maximum Gasteiger partial charge on any atom is 0.142 e. The lowest BCUT2D eigenvalue weighted by atomic mass is 9.66. The molecule has 6 aromatic carbocycles. The summed E-state index contributed by atoms with van der Waals surface area (Å²) in [4.78, 5) is 0. The fourth-order valence-corrected chi connectivity index (χ4v) is 7.42. The van der Waals surface area contributed by atoms with Crippen LogP contribution in [-0.2, 0) is 5.41 Å². The number of halogens is 1. The molecule has 1 aromatic heterocycles. The lowest BCUT2D eigenvalue weighted by Crippen LogP contribution is -2.32. The van der Waals surface area contributed by atoms with Crippen LogP contribution >= 0.6 is 11.6 Å². The summed E-state index contributed by atoms with van der Waals surface area (Å²) in [6.45, 7) is 0. The predicted octanol–water partition coefficient (Wildman–Crippen LogP) is 9.91. The quantitative estimate of drug-likeness (QED) is 0.205. The van der Waals surface area contributed by atoms with Gasteiger partial charge in [-0.25, -0.2) is 0 Å². The third-order valence-corrected chi connectivity index (χ3v) is 8.95. The van der Waals surface area contributed by atoms with Gasteiger partial charge >= 0.3 is 0 Å². The van der Waals surface area contributed by atoms with Gasteiger partial charge in [0.05, 0.1) is 21.8 Å². The molecule has 0 amide bonds. The summed E-state index contributed by atoms with van der Waals surface area (Å²) in [5.41, 5.74) is 10.3. The van der Waals surface area contributed by atoms with Crippen molar-refractivity contribution in [2.45, 2.75) is 5.41 Å². The van der Waals surface area contributed by atoms with E-state index in [4.69, 9.17) is 16.3 Å². The fourth-order valence-electron chi connectivity index (χ4n) is 7.24. The minimum absolute atomic E-state index is 0.495. The minimum Gasteiger partial charge on any atom is -0.456 e. The Morgan fingerprint density at radius 1 is 0.550 bits per heavy atom. The third kappa shape index (κ3) is 2.64. The molecule has 0 unspecified atom stereocenters. The van der Waals surface area contributed by atoms with Crippen molar-refractivity contribution in [3.63, 3.8) is 0 Å². The highest BCUT2D eigenvalue weighted by molar-refractivity contribution is 6.32. The summed E-state index contributed by atoms with van der Waals surface area (Å²) in [6.07, 6.45) is 0. The van der Waals surface area contributed by atoms with Crippen molar-refractivity contribution in [1.82, 2.24) is 4.57 Å². The smallest absolute Gasteiger partial charge is 0.142 e. The Bertz CT molecular complexity index is 2110. The van der Waals surface area contributed by atoms with Gasteiger partial charge in [-0.2, -0.15) is 0 Å². The monoisotopic (exact) mass is 531 g/mol. The molecule has 40 heavy (non-hydrogen) atoms. The molecule has 9 rings (SSSR count). The van der Waals surface area contributed by atoms with E-state index >= 15 is 0 Å². The number of nitrogens with zero attached hydrogens (tertiary/aromatic N) is 1. The summed E-state index contributed by atoms with van der Waals surface area (Å²) in [5.74, 6) is 1.78. The van der Waals surface area contributed by atoms with E-state index in [1.165, 1.54) is 27.8 Å². The number of rotatable bonds is 1. The fraction of sp³-hybridized carbons (Fsp3) is 0.0270. The molecule has 7 aromatic rings. The molecule has 1 aliphatic heterocycles. The van der Waals surface area contributed by atoms with Gasteiger partial charge in [-0.05, 0) is 64.7 Å². The van der Waals surface area contributed by atoms with Crippen LogP contribution in [0.5, 0.6) is 11.5 Å². The van der Waals surface area contributed by atoms with Crippen LogP contribution in [0.4, 0.5) is 0 Å². The van der Waals surface area contributed by atoms with Gasteiger partial charge in [-0.1, -0.05) is 103 Å². The lowest BCUT2D eigenvalue weighted by Gasteiger charge is -2.39. The van der Waals surface area contributed by atoms with E-state index in [-0.39, 0.29) is 0 Å². The standard InChI is InChI=1S/C37H22ClNO/c38-23-18-20-32-27(22-23)35-33(39(32)24-10-2-1-3-11-24)21-19-31-36(35)40-34-17-9-8-16-30(34)37(31)28-14-6-4-12-25(28)26-13-5-7-15-29(26)37/h1-22H. The van der Waals surface area contributed by atoms with Gasteiger partial charge in [-0.3, -0.25) is 0 Å². The van der Waals surface area contributed by atoms with Gasteiger partial charge in [0.2, 0.25) is 0 Å². The zero-order valence-electron chi connectivity index (χ0n) is 21.4. The van der Waals surface area contributed by atoms with Crippen LogP contribution in [0.3, 0.4) is 0 Å². The van der Waals surface area contributed by atoms with Crippen LogP contribution in [0, 0.1) is 0 Å². The molecule has 0 saturated carbocycles. The van der Waals surface area contributed by atoms with Crippen molar-refractivity contribution in [3.8, 4) is 28.3 Å². The first kappa shape index (κ1) is 22.1. The van der Waals surface area contributed by atoms with Gasteiger partial charge in [0, 0.05) is 27.2 Å². The van der Waals surface area contributed by atoms with E-state index in [9.17, 15) is 0 Å². The molecular weight excluding hydrogens is 510 g/mol. The molecule has 3 heteroatoms. The van der Waals surface area contributed by atoms with Crippen LogP contribution in [0.25, 0.3) is 38.6 Å². The Hall–Kier alpha value is -4.79. The number of benzene rings is 6. The van der Waals surface area contributed by atoms with Crippen molar-refractivity contribution in [1.29, 1.82) is 0 Å². The molecule has 1 aliphatic carbocycles. The molecule has 0 N–H and O–H groups in total. The summed E-state index contributed by atoms with van der Waals surface area (Å²) < 4.78 is 9.26. The molecule has 1 spiro atoms. The molecule has 188 valence electrons. The van der Waals surface area contributed by atoms with E-state index in [1.807, 2.05) is 6.07 Å². The lowest BCUT2D eigenvalue weighted by molar-refractivity contribution is 0.442. The van der Waals surface area contributed by atoms with Gasteiger partial charge in [-0.15, -0.1) is 0 Å². The van der Waals surface area contributed by atoms with Gasteiger partial charge < -0.3 is 9.30 Å². The normalized spacial score (nSPS) is 14.0. The van der Waals surface area contributed by atoms with E-state index < -0.39 is 5.41 Å². The van der Waals surface area contributed by atoms with Crippen molar-refractivity contribution < 1.29 is 4.74 Å². The Kier molecular flexibility index (Phi) is 4.35. The zero-order valence-corrected chi connectivity index (χ0v) is 22.2. The highest BCUT2D eigenvalue weighted by Crippen LogP contribution is 2.63. The summed E-state index contributed by atoms with van der Waals surface area (Å²) >= 11 is 6.64. The second-order valence-corrected chi connectivity index (χ2v) is 11.0. The molecular formula is C37H22ClNO. The molecule has 0 radical (unpaired) electrons.